The first-order valence-corrected chi connectivity index (χ1v) is 27.0. The van der Waals surface area contributed by atoms with Crippen molar-refractivity contribution in [3.8, 4) is 0 Å². The summed E-state index contributed by atoms with van der Waals surface area (Å²) in [7, 11) is 0. The van der Waals surface area contributed by atoms with Gasteiger partial charge in [-0.1, -0.05) is 92.9 Å². The zero-order chi connectivity index (χ0) is 58.1. The molecule has 0 bridgehead atoms. The summed E-state index contributed by atoms with van der Waals surface area (Å²) in [6.45, 7) is 52.2. The number of rotatable bonds is 34. The molecular weight excluding hydrogens is 997 g/mol. The van der Waals surface area contributed by atoms with E-state index in [1.54, 1.807) is 26.0 Å². The first kappa shape index (κ1) is 88.2. The van der Waals surface area contributed by atoms with Crippen LogP contribution in [0, 0.1) is 6.15 Å². The summed E-state index contributed by atoms with van der Waals surface area (Å²) >= 11 is 0. The minimum absolute atomic E-state index is 0. The maximum absolute atomic E-state index is 10.8. The van der Waals surface area contributed by atoms with Gasteiger partial charge in [0, 0.05) is 19.0 Å². The molecule has 0 aromatic heterocycles. The van der Waals surface area contributed by atoms with Crippen molar-refractivity contribution in [1.29, 1.82) is 0 Å². The standard InChI is InChI=1S/2C13H22O2.2C10H18O.2C10H16O.GeH4.He/c2*1-5-13(14)15-10-9-12(4)8-6-7-11(2)3;4*1-9(2)5-4-6-10(3)7-8-11;;/h2*9H,2,5-8,10H2,1,3-4H3;2*7,11H,1,4-6,8H2,2-3H3;2*7-8H,1,4-6H2,2-3H3;1H4;/b12-9+;12-9-;10-7+;10-7-;10-7+;10-7-;;. The molecule has 0 atom stereocenters. The molecule has 0 heterocycles. The number of hydrogen-bond acceptors (Lipinski definition) is 8. The minimum atomic E-state index is -0.138. The van der Waals surface area contributed by atoms with E-state index >= 15 is 0 Å². The smallest absolute Gasteiger partial charge is 0 e. The van der Waals surface area contributed by atoms with Crippen LogP contribution in [0.4, 0.5) is 0 Å². The fraction of sp³-hybridized carbons (Fsp3) is 0.576. The summed E-state index contributed by atoms with van der Waals surface area (Å²) < 4.78 is 9.91. The summed E-state index contributed by atoms with van der Waals surface area (Å²) in [5, 5.41) is 17.1. The predicted molar refractivity (Wildman–Crippen MR) is 335 cm³/mol. The van der Waals surface area contributed by atoms with Gasteiger partial charge in [0.05, 0.1) is 13.2 Å². The van der Waals surface area contributed by atoms with Crippen molar-refractivity contribution in [1.82, 2.24) is 0 Å². The summed E-state index contributed by atoms with van der Waals surface area (Å²) in [5.74, 6) is -0.276. The zero-order valence-corrected chi connectivity index (χ0v) is 50.9. The molecule has 8 nitrogen and oxygen atoms in total. The van der Waals surface area contributed by atoms with Crippen LogP contribution in [-0.2, 0) is 28.7 Å². The van der Waals surface area contributed by atoms with Crippen molar-refractivity contribution in [3.63, 3.8) is 0 Å². The fourth-order valence-electron chi connectivity index (χ4n) is 5.89. The number of aliphatic hydroxyl groups excluding tert-OH is 2. The summed E-state index contributed by atoms with van der Waals surface area (Å²) in [6.07, 6.45) is 33.0. The molecule has 0 aliphatic heterocycles. The van der Waals surface area contributed by atoms with Gasteiger partial charge < -0.3 is 19.7 Å². The van der Waals surface area contributed by atoms with Gasteiger partial charge in [-0.05, 0) is 223 Å². The number of aldehydes is 2. The van der Waals surface area contributed by atoms with Gasteiger partial charge in [-0.15, -0.1) is 39.5 Å². The second-order valence-corrected chi connectivity index (χ2v) is 19.8. The molecule has 0 fully saturated rings. The SMILES string of the molecule is C=C(C)CCC/C(C)=C/C=O.C=C(C)CCC/C(C)=C/CO.C=C(C)CCC/C(C)=C/COC(=O)CC.C=C(C)CCC/C(C)=C\C=O.C=C(C)CCC/C(C)=C\CO.C=C(C)CCC/C(C)=C\COC(=O)CC.[GeH4].[He]. The molecule has 0 unspecified atom stereocenters. The van der Waals surface area contributed by atoms with Crippen LogP contribution in [0.25, 0.3) is 0 Å². The predicted octanol–water partition coefficient (Wildman–Crippen LogP) is 16.9. The number of ether oxygens (including phenoxy) is 2. The number of aliphatic hydroxyl groups is 2. The molecule has 0 spiro atoms. The molecule has 0 aliphatic rings. The van der Waals surface area contributed by atoms with Crippen LogP contribution in [0.5, 0.6) is 0 Å². The van der Waals surface area contributed by atoms with Gasteiger partial charge in [-0.25, -0.2) is 0 Å². The van der Waals surface area contributed by atoms with E-state index < -0.39 is 0 Å². The van der Waals surface area contributed by atoms with E-state index in [9.17, 15) is 19.2 Å². The normalized spacial score (nSPS) is 11.1. The second kappa shape index (κ2) is 66.6. The molecular formula is C66H116GeHeO8. The Hall–Kier alpha value is -4.47. The van der Waals surface area contributed by atoms with E-state index in [4.69, 9.17) is 19.7 Å². The van der Waals surface area contributed by atoms with Gasteiger partial charge in [-0.3, -0.25) is 19.2 Å². The molecule has 10 heteroatoms. The molecule has 0 aromatic carbocycles. The fourth-order valence-corrected chi connectivity index (χ4v) is 5.89. The summed E-state index contributed by atoms with van der Waals surface area (Å²) in [4.78, 5) is 41.7. The summed E-state index contributed by atoms with van der Waals surface area (Å²) in [6, 6.07) is 0. The average molecular weight is 1110 g/mol. The van der Waals surface area contributed by atoms with Gasteiger partial charge >= 0.3 is 29.5 Å². The Morgan fingerprint density at radius 1 is 0.368 bits per heavy atom. The monoisotopic (exact) mass is 1110 g/mol. The van der Waals surface area contributed by atoms with Crippen molar-refractivity contribution in [2.24, 2.45) is 0 Å². The molecule has 76 heavy (non-hydrogen) atoms. The van der Waals surface area contributed by atoms with E-state index in [0.717, 1.165) is 139 Å². The Morgan fingerprint density at radius 3 is 0.737 bits per heavy atom. The number of hydrogen-bond donors (Lipinski definition) is 2. The molecule has 0 radical (unpaired) electrons. The third-order valence-electron chi connectivity index (χ3n) is 10.6. The van der Waals surface area contributed by atoms with E-state index in [-0.39, 0.29) is 48.9 Å². The van der Waals surface area contributed by atoms with Crippen LogP contribution >= 0.6 is 0 Å². The average Bonchev–Trinajstić information content (AvgIpc) is 3.29. The zero-order valence-electron chi connectivity index (χ0n) is 50.9. The molecule has 434 valence electrons. The Balaban J connectivity index is -0.000000122. The molecule has 2 N–H and O–H groups in total. The Bertz CT molecular complexity index is 1640. The van der Waals surface area contributed by atoms with E-state index in [1.165, 1.54) is 55.7 Å². The van der Waals surface area contributed by atoms with Gasteiger partial charge in [0.1, 0.15) is 25.8 Å². The minimum Gasteiger partial charge on any atom is 0 e. The quantitative estimate of drug-likeness (QED) is 0.0214. The van der Waals surface area contributed by atoms with Gasteiger partial charge in [0.25, 0.3) is 0 Å². The van der Waals surface area contributed by atoms with Gasteiger partial charge in [0.15, 0.2) is 0 Å². The molecule has 0 saturated heterocycles. The topological polar surface area (TPSA) is 127 Å². The van der Waals surface area contributed by atoms with Gasteiger partial charge in [-0.2, -0.15) is 0 Å². The molecule has 0 rings (SSSR count). The number of carbonyl (C=O) groups excluding carboxylic acids is 4. The first-order chi connectivity index (χ1) is 34.8. The van der Waals surface area contributed by atoms with Crippen LogP contribution in [0.1, 0.15) is 225 Å². The number of carbonyl (C=O) groups is 4. The van der Waals surface area contributed by atoms with E-state index in [1.807, 2.05) is 79.7 Å². The Morgan fingerprint density at radius 2 is 0.566 bits per heavy atom. The summed E-state index contributed by atoms with van der Waals surface area (Å²) in [5.41, 5.74) is 14.8. The van der Waals surface area contributed by atoms with Crippen LogP contribution in [0.2, 0.25) is 0 Å². The van der Waals surface area contributed by atoms with Crippen LogP contribution in [0.15, 0.2) is 143 Å². The van der Waals surface area contributed by atoms with Crippen LogP contribution < -0.4 is 0 Å². The molecule has 0 aliphatic carbocycles. The second-order valence-electron chi connectivity index (χ2n) is 19.8. The van der Waals surface area contributed by atoms with Crippen molar-refractivity contribution in [2.45, 2.75) is 225 Å². The third kappa shape index (κ3) is 92.1. The maximum Gasteiger partial charge on any atom is 0 e. The van der Waals surface area contributed by atoms with Crippen molar-refractivity contribution < 1.29 is 45.0 Å². The number of esters is 2. The maximum atomic E-state index is 10.8. The Labute approximate surface area is 479 Å². The van der Waals surface area contributed by atoms with E-state index in [0.29, 0.717) is 26.1 Å². The Kier molecular flexibility index (Phi) is 77.3. The van der Waals surface area contributed by atoms with Crippen molar-refractivity contribution in [3.05, 3.63) is 143 Å². The van der Waals surface area contributed by atoms with Crippen LogP contribution in [-0.4, -0.2) is 78.7 Å². The van der Waals surface area contributed by atoms with Gasteiger partial charge in [0.2, 0.25) is 0 Å². The largest absolute Gasteiger partial charge is 0 e. The molecule has 0 saturated carbocycles. The molecule has 0 amide bonds. The number of allylic oxidation sites excluding steroid dienone is 14. The first-order valence-electron chi connectivity index (χ1n) is 27.0. The van der Waals surface area contributed by atoms with Crippen molar-refractivity contribution >= 4 is 42.1 Å². The van der Waals surface area contributed by atoms with E-state index in [2.05, 4.69) is 67.2 Å². The van der Waals surface area contributed by atoms with Crippen LogP contribution in [0.3, 0.4) is 0 Å². The third-order valence-corrected chi connectivity index (χ3v) is 10.6. The molecule has 0 aromatic rings. The van der Waals surface area contributed by atoms with Crippen molar-refractivity contribution in [2.75, 3.05) is 26.4 Å².